The van der Waals surface area contributed by atoms with Crippen LogP contribution in [0.2, 0.25) is 0 Å². The van der Waals surface area contributed by atoms with Crippen LogP contribution in [0.5, 0.6) is 5.75 Å². The first-order chi connectivity index (χ1) is 5.68. The fourth-order valence-electron chi connectivity index (χ4n) is 0.930. The number of hydrogen-bond acceptors (Lipinski definition) is 2. The lowest BCUT2D eigenvalue weighted by Crippen LogP contribution is -2.09. The van der Waals surface area contributed by atoms with Gasteiger partial charge in [-0.15, -0.1) is 0 Å². The van der Waals surface area contributed by atoms with Crippen LogP contribution in [0.25, 0.3) is 0 Å². The lowest BCUT2D eigenvalue weighted by molar-refractivity contribution is 0.474. The Hall–Kier alpha value is -0.870. The highest BCUT2D eigenvalue weighted by Gasteiger charge is 1.96. The Labute approximate surface area is 73.8 Å². The summed E-state index contributed by atoms with van der Waals surface area (Å²) in [4.78, 5) is 0. The van der Waals surface area contributed by atoms with Crippen molar-refractivity contribution >= 4 is 11.0 Å². The second kappa shape index (κ2) is 4.23. The van der Waals surface area contributed by atoms with Gasteiger partial charge in [0, 0.05) is 5.75 Å². The predicted molar refractivity (Wildman–Crippen MR) is 49.0 cm³/mol. The minimum atomic E-state index is -1.25. The van der Waals surface area contributed by atoms with Gasteiger partial charge >= 0.3 is 0 Å². The molecule has 0 saturated carbocycles. The SMILES string of the molecule is N[S@](=O)CCc1cccc(O)c1. The highest BCUT2D eigenvalue weighted by molar-refractivity contribution is 7.82. The summed E-state index contributed by atoms with van der Waals surface area (Å²) in [5, 5.41) is 14.2. The number of phenols is 1. The molecule has 0 amide bonds. The average molecular weight is 185 g/mol. The molecule has 0 aliphatic heterocycles. The van der Waals surface area contributed by atoms with Crippen LogP contribution in [0.1, 0.15) is 5.56 Å². The molecule has 4 heteroatoms. The first-order valence-electron chi connectivity index (χ1n) is 3.59. The van der Waals surface area contributed by atoms with Crippen molar-refractivity contribution in [3.8, 4) is 5.75 Å². The number of phenolic OH excluding ortho intramolecular Hbond substituents is 1. The van der Waals surface area contributed by atoms with Gasteiger partial charge in [-0.25, -0.2) is 4.21 Å². The Bertz CT molecular complexity index is 288. The molecule has 1 aromatic rings. The third-order valence-corrected chi connectivity index (χ3v) is 2.11. The van der Waals surface area contributed by atoms with E-state index in [1.165, 1.54) is 0 Å². The van der Waals surface area contributed by atoms with Gasteiger partial charge in [-0.05, 0) is 24.1 Å². The summed E-state index contributed by atoms with van der Waals surface area (Å²) in [5.41, 5.74) is 0.953. The Morgan fingerprint density at radius 1 is 1.50 bits per heavy atom. The lowest BCUT2D eigenvalue weighted by Gasteiger charge is -1.99. The minimum Gasteiger partial charge on any atom is -0.508 e. The first-order valence-corrected chi connectivity index (χ1v) is 4.97. The molecule has 66 valence electrons. The van der Waals surface area contributed by atoms with E-state index < -0.39 is 11.0 Å². The van der Waals surface area contributed by atoms with E-state index in [2.05, 4.69) is 0 Å². The van der Waals surface area contributed by atoms with E-state index in [9.17, 15) is 4.21 Å². The summed E-state index contributed by atoms with van der Waals surface area (Å²) in [5.74, 6) is 0.666. The van der Waals surface area contributed by atoms with Gasteiger partial charge in [0.05, 0.1) is 11.0 Å². The molecule has 0 aliphatic rings. The summed E-state index contributed by atoms with van der Waals surface area (Å²) in [6.07, 6.45) is 0.636. The van der Waals surface area contributed by atoms with Gasteiger partial charge < -0.3 is 5.11 Å². The highest BCUT2D eigenvalue weighted by atomic mass is 32.2. The Balaban J connectivity index is 2.57. The van der Waals surface area contributed by atoms with Crippen LogP contribution in [0, 0.1) is 0 Å². The molecule has 0 spiro atoms. The van der Waals surface area contributed by atoms with E-state index in [4.69, 9.17) is 10.2 Å². The van der Waals surface area contributed by atoms with Crippen molar-refractivity contribution in [3.05, 3.63) is 29.8 Å². The van der Waals surface area contributed by atoms with E-state index in [1.54, 1.807) is 18.2 Å². The number of aromatic hydroxyl groups is 1. The molecular weight excluding hydrogens is 174 g/mol. The Morgan fingerprint density at radius 3 is 2.83 bits per heavy atom. The third-order valence-electron chi connectivity index (χ3n) is 1.50. The molecule has 0 heterocycles. The van der Waals surface area contributed by atoms with Crippen LogP contribution in [0.3, 0.4) is 0 Å². The minimum absolute atomic E-state index is 0.232. The van der Waals surface area contributed by atoms with Gasteiger partial charge in [0.2, 0.25) is 0 Å². The summed E-state index contributed by atoms with van der Waals surface area (Å²) >= 11 is 0. The molecule has 0 aromatic heterocycles. The monoisotopic (exact) mass is 185 g/mol. The third kappa shape index (κ3) is 3.02. The Kier molecular flexibility index (Phi) is 3.25. The summed E-state index contributed by atoms with van der Waals surface area (Å²) < 4.78 is 10.5. The van der Waals surface area contributed by atoms with Crippen molar-refractivity contribution < 1.29 is 9.32 Å². The van der Waals surface area contributed by atoms with Crippen LogP contribution in [0.4, 0.5) is 0 Å². The standard InChI is InChI=1S/C8H11NO2S/c9-12(11)5-4-7-2-1-3-8(10)6-7/h1-3,6,10H,4-5,9H2/t12-/m1/s1. The smallest absolute Gasteiger partial charge is 0.115 e. The molecule has 0 aliphatic carbocycles. The number of benzene rings is 1. The topological polar surface area (TPSA) is 63.3 Å². The zero-order valence-corrected chi connectivity index (χ0v) is 7.38. The molecule has 1 rings (SSSR count). The molecule has 0 bridgehead atoms. The van der Waals surface area contributed by atoms with E-state index >= 15 is 0 Å². The Morgan fingerprint density at radius 2 is 2.25 bits per heavy atom. The second-order valence-corrected chi connectivity index (χ2v) is 3.67. The summed E-state index contributed by atoms with van der Waals surface area (Å²) in [6.45, 7) is 0. The van der Waals surface area contributed by atoms with Crippen molar-refractivity contribution in [2.45, 2.75) is 6.42 Å². The van der Waals surface area contributed by atoms with Crippen molar-refractivity contribution in [2.24, 2.45) is 5.14 Å². The van der Waals surface area contributed by atoms with E-state index in [-0.39, 0.29) is 5.75 Å². The molecule has 3 N–H and O–H groups in total. The molecule has 0 saturated heterocycles. The first kappa shape index (κ1) is 9.22. The van der Waals surface area contributed by atoms with Gasteiger partial charge in [-0.2, -0.15) is 0 Å². The molecule has 1 atom stereocenters. The number of rotatable bonds is 3. The maximum atomic E-state index is 10.5. The fourth-order valence-corrected chi connectivity index (χ4v) is 1.37. The van der Waals surface area contributed by atoms with Crippen molar-refractivity contribution in [3.63, 3.8) is 0 Å². The van der Waals surface area contributed by atoms with E-state index in [0.29, 0.717) is 12.2 Å². The van der Waals surface area contributed by atoms with Gasteiger partial charge in [0.1, 0.15) is 5.75 Å². The summed E-state index contributed by atoms with van der Waals surface area (Å²) in [7, 11) is -1.25. The predicted octanol–water partition coefficient (Wildman–Crippen LogP) is 0.557. The average Bonchev–Trinajstić information content (AvgIpc) is 2.01. The van der Waals surface area contributed by atoms with E-state index in [0.717, 1.165) is 5.56 Å². The lowest BCUT2D eigenvalue weighted by atomic mass is 10.2. The molecule has 3 nitrogen and oxygen atoms in total. The maximum absolute atomic E-state index is 10.5. The van der Waals surface area contributed by atoms with Gasteiger partial charge in [-0.1, -0.05) is 12.1 Å². The molecule has 1 aromatic carbocycles. The summed E-state index contributed by atoms with van der Waals surface area (Å²) in [6, 6.07) is 6.87. The molecule has 0 radical (unpaired) electrons. The molecule has 0 unspecified atom stereocenters. The van der Waals surface area contributed by atoms with Gasteiger partial charge in [-0.3, -0.25) is 5.14 Å². The zero-order valence-electron chi connectivity index (χ0n) is 6.56. The largest absolute Gasteiger partial charge is 0.508 e. The van der Waals surface area contributed by atoms with Gasteiger partial charge in [0.15, 0.2) is 0 Å². The number of aryl methyl sites for hydroxylation is 1. The van der Waals surface area contributed by atoms with Crippen molar-refractivity contribution in [1.29, 1.82) is 0 Å². The highest BCUT2D eigenvalue weighted by Crippen LogP contribution is 2.11. The fraction of sp³-hybridized carbons (Fsp3) is 0.250. The van der Waals surface area contributed by atoms with Crippen molar-refractivity contribution in [2.75, 3.05) is 5.75 Å². The van der Waals surface area contributed by atoms with Crippen LogP contribution in [0.15, 0.2) is 24.3 Å². The van der Waals surface area contributed by atoms with Crippen LogP contribution < -0.4 is 5.14 Å². The number of hydrogen-bond donors (Lipinski definition) is 2. The number of nitrogens with two attached hydrogens (primary N) is 1. The molecular formula is C8H11NO2S. The van der Waals surface area contributed by atoms with Crippen molar-refractivity contribution in [1.82, 2.24) is 0 Å². The molecule has 12 heavy (non-hydrogen) atoms. The van der Waals surface area contributed by atoms with Crippen LogP contribution in [-0.2, 0) is 17.4 Å². The zero-order chi connectivity index (χ0) is 8.97. The van der Waals surface area contributed by atoms with Gasteiger partial charge in [0.25, 0.3) is 0 Å². The van der Waals surface area contributed by atoms with Crippen LogP contribution in [-0.4, -0.2) is 15.1 Å². The maximum Gasteiger partial charge on any atom is 0.115 e. The van der Waals surface area contributed by atoms with Crippen LogP contribution >= 0.6 is 0 Å². The van der Waals surface area contributed by atoms with E-state index in [1.807, 2.05) is 6.07 Å². The molecule has 0 fully saturated rings. The second-order valence-electron chi connectivity index (χ2n) is 2.50. The quantitative estimate of drug-likeness (QED) is 0.722. The normalized spacial score (nSPS) is 12.8.